The van der Waals surface area contributed by atoms with Crippen molar-refractivity contribution in [3.05, 3.63) is 70.5 Å². The summed E-state index contributed by atoms with van der Waals surface area (Å²) in [6, 6.07) is 11.8. The van der Waals surface area contributed by atoms with E-state index in [4.69, 9.17) is 17.0 Å². The minimum atomic E-state index is 0.113. The Hall–Kier alpha value is -2.80. The van der Waals surface area contributed by atoms with E-state index in [1.165, 1.54) is 5.56 Å². The summed E-state index contributed by atoms with van der Waals surface area (Å²) in [5.74, 6) is 1.37. The zero-order valence-corrected chi connectivity index (χ0v) is 15.8. The maximum absolute atomic E-state index is 5.83. The highest BCUT2D eigenvalue weighted by Crippen LogP contribution is 2.24. The summed E-state index contributed by atoms with van der Waals surface area (Å²) in [4.78, 5) is 4.06. The first-order valence-corrected chi connectivity index (χ1v) is 8.68. The normalized spacial score (nSPS) is 11.8. The molecule has 0 atom stereocenters. The Balaban J connectivity index is 1.71. The summed E-state index contributed by atoms with van der Waals surface area (Å²) >= 11 is 5.24. The zero-order chi connectivity index (χ0) is 18.6. The van der Waals surface area contributed by atoms with Gasteiger partial charge in [-0.3, -0.25) is 4.98 Å². The summed E-state index contributed by atoms with van der Waals surface area (Å²) in [7, 11) is 0. The SMILES string of the molecule is CC(C)(C)c1ccc(OCc2n[nH]c(=S)n2/N=C\c2cccnc2)cc1. The first kappa shape index (κ1) is 18.0. The summed E-state index contributed by atoms with van der Waals surface area (Å²) in [5, 5.41) is 11.3. The molecule has 0 aliphatic heterocycles. The molecule has 0 saturated heterocycles. The second kappa shape index (κ2) is 7.61. The van der Waals surface area contributed by atoms with Crippen LogP contribution < -0.4 is 4.74 Å². The first-order chi connectivity index (χ1) is 12.4. The Morgan fingerprint density at radius 2 is 2.00 bits per heavy atom. The van der Waals surface area contributed by atoms with Crippen LogP contribution in [0.4, 0.5) is 0 Å². The monoisotopic (exact) mass is 367 g/mol. The van der Waals surface area contributed by atoms with Crippen molar-refractivity contribution in [1.82, 2.24) is 19.9 Å². The topological polar surface area (TPSA) is 68.1 Å². The highest BCUT2D eigenvalue weighted by molar-refractivity contribution is 7.71. The van der Waals surface area contributed by atoms with Crippen LogP contribution in [-0.4, -0.2) is 26.1 Å². The van der Waals surface area contributed by atoms with E-state index in [0.717, 1.165) is 11.3 Å². The Morgan fingerprint density at radius 1 is 1.23 bits per heavy atom. The minimum absolute atomic E-state index is 0.113. The summed E-state index contributed by atoms with van der Waals surface area (Å²) in [6.45, 7) is 6.80. The molecule has 1 aromatic carbocycles. The predicted molar refractivity (Wildman–Crippen MR) is 104 cm³/mol. The second-order valence-corrected chi connectivity index (χ2v) is 7.24. The van der Waals surface area contributed by atoms with Gasteiger partial charge in [-0.1, -0.05) is 39.0 Å². The Morgan fingerprint density at radius 3 is 2.65 bits per heavy atom. The summed E-state index contributed by atoms with van der Waals surface area (Å²) in [5.41, 5.74) is 2.25. The van der Waals surface area contributed by atoms with Crippen LogP contribution in [0.2, 0.25) is 0 Å². The van der Waals surface area contributed by atoms with Crippen molar-refractivity contribution < 1.29 is 4.74 Å². The van der Waals surface area contributed by atoms with Gasteiger partial charge in [0.1, 0.15) is 12.4 Å². The average Bonchev–Trinajstić information content (AvgIpc) is 2.98. The van der Waals surface area contributed by atoms with Crippen LogP contribution in [0.25, 0.3) is 0 Å². The molecule has 0 fully saturated rings. The number of benzene rings is 1. The van der Waals surface area contributed by atoms with Crippen molar-refractivity contribution in [2.24, 2.45) is 5.10 Å². The lowest BCUT2D eigenvalue weighted by atomic mass is 9.87. The number of nitrogens with one attached hydrogen (secondary N) is 1. The summed E-state index contributed by atoms with van der Waals surface area (Å²) in [6.07, 6.45) is 5.12. The van der Waals surface area contributed by atoms with Gasteiger partial charge in [0.05, 0.1) is 6.21 Å². The van der Waals surface area contributed by atoms with Gasteiger partial charge in [-0.25, -0.2) is 5.10 Å². The number of aromatic amines is 1. The van der Waals surface area contributed by atoms with Crippen molar-refractivity contribution in [1.29, 1.82) is 0 Å². The molecule has 2 heterocycles. The number of rotatable bonds is 5. The third kappa shape index (κ3) is 4.43. The molecule has 3 rings (SSSR count). The highest BCUT2D eigenvalue weighted by atomic mass is 32.1. The Kier molecular flexibility index (Phi) is 5.27. The van der Waals surface area contributed by atoms with Gasteiger partial charge in [0.15, 0.2) is 5.82 Å². The highest BCUT2D eigenvalue weighted by Gasteiger charge is 2.13. The molecule has 26 heavy (non-hydrogen) atoms. The largest absolute Gasteiger partial charge is 0.486 e. The van der Waals surface area contributed by atoms with Crippen molar-refractivity contribution in [3.8, 4) is 5.75 Å². The van der Waals surface area contributed by atoms with Gasteiger partial charge in [0.2, 0.25) is 4.77 Å². The van der Waals surface area contributed by atoms with Crippen molar-refractivity contribution in [2.75, 3.05) is 0 Å². The van der Waals surface area contributed by atoms with E-state index in [1.807, 2.05) is 24.3 Å². The van der Waals surface area contributed by atoms with Crippen LogP contribution in [-0.2, 0) is 12.0 Å². The van der Waals surface area contributed by atoms with Crippen LogP contribution in [0.1, 0.15) is 37.7 Å². The van der Waals surface area contributed by atoms with Crippen LogP contribution in [0.3, 0.4) is 0 Å². The number of hydrogen-bond donors (Lipinski definition) is 1. The van der Waals surface area contributed by atoms with Crippen LogP contribution >= 0.6 is 12.2 Å². The fraction of sp³-hybridized carbons (Fsp3) is 0.263. The lowest BCUT2D eigenvalue weighted by Crippen LogP contribution is -2.10. The standard InChI is InChI=1S/C19H21N5OS/c1-19(2,3)15-6-8-16(9-7-15)25-13-17-22-23-18(26)24(17)21-12-14-5-4-10-20-11-14/h4-12H,13H2,1-3H3,(H,23,26)/b21-12-. The molecule has 134 valence electrons. The number of hydrogen-bond acceptors (Lipinski definition) is 5. The van der Waals surface area contributed by atoms with Crippen LogP contribution in [0, 0.1) is 4.77 Å². The quantitative estimate of drug-likeness (QED) is 0.545. The maximum Gasteiger partial charge on any atom is 0.216 e. The van der Waals surface area contributed by atoms with Crippen molar-refractivity contribution >= 4 is 18.4 Å². The lowest BCUT2D eigenvalue weighted by molar-refractivity contribution is 0.290. The molecule has 2 aromatic heterocycles. The van der Waals surface area contributed by atoms with E-state index in [-0.39, 0.29) is 12.0 Å². The molecule has 7 heteroatoms. The molecule has 0 aliphatic rings. The Labute approximate surface area is 157 Å². The van der Waals surface area contributed by atoms with Gasteiger partial charge in [-0.05, 0) is 41.4 Å². The first-order valence-electron chi connectivity index (χ1n) is 8.27. The molecule has 0 spiro atoms. The molecule has 1 N–H and O–H groups in total. The Bertz CT molecular complexity index is 937. The van der Waals surface area contributed by atoms with Gasteiger partial charge < -0.3 is 4.74 Å². The van der Waals surface area contributed by atoms with Crippen LogP contribution in [0.15, 0.2) is 53.9 Å². The molecule has 0 bridgehead atoms. The van der Waals surface area contributed by atoms with Gasteiger partial charge in [-0.15, -0.1) is 0 Å². The van der Waals surface area contributed by atoms with E-state index in [2.05, 4.69) is 53.2 Å². The molecular weight excluding hydrogens is 346 g/mol. The van der Waals surface area contributed by atoms with E-state index < -0.39 is 0 Å². The number of pyridine rings is 1. The molecule has 6 nitrogen and oxygen atoms in total. The second-order valence-electron chi connectivity index (χ2n) is 6.85. The van der Waals surface area contributed by atoms with E-state index >= 15 is 0 Å². The molecule has 0 saturated carbocycles. The maximum atomic E-state index is 5.83. The zero-order valence-electron chi connectivity index (χ0n) is 15.0. The average molecular weight is 367 g/mol. The smallest absolute Gasteiger partial charge is 0.216 e. The fourth-order valence-electron chi connectivity index (χ4n) is 2.31. The molecule has 0 aliphatic carbocycles. The third-order valence-corrected chi connectivity index (χ3v) is 4.08. The number of ether oxygens (including phenoxy) is 1. The molecule has 0 unspecified atom stereocenters. The molecular formula is C19H21N5OS. The molecule has 0 amide bonds. The predicted octanol–water partition coefficient (Wildman–Crippen LogP) is 4.09. The fourth-order valence-corrected chi connectivity index (χ4v) is 2.51. The van der Waals surface area contributed by atoms with Gasteiger partial charge >= 0.3 is 0 Å². The summed E-state index contributed by atoms with van der Waals surface area (Å²) < 4.78 is 7.79. The number of H-pyrrole nitrogens is 1. The van der Waals surface area contributed by atoms with Gasteiger partial charge in [-0.2, -0.15) is 14.9 Å². The van der Waals surface area contributed by atoms with E-state index in [9.17, 15) is 0 Å². The van der Waals surface area contributed by atoms with Crippen LogP contribution in [0.5, 0.6) is 5.75 Å². The van der Waals surface area contributed by atoms with E-state index in [1.54, 1.807) is 23.3 Å². The lowest BCUT2D eigenvalue weighted by Gasteiger charge is -2.19. The van der Waals surface area contributed by atoms with E-state index in [0.29, 0.717) is 10.6 Å². The van der Waals surface area contributed by atoms with Crippen molar-refractivity contribution in [3.63, 3.8) is 0 Å². The minimum Gasteiger partial charge on any atom is -0.486 e. The van der Waals surface area contributed by atoms with Gasteiger partial charge in [0.25, 0.3) is 0 Å². The molecule has 0 radical (unpaired) electrons. The van der Waals surface area contributed by atoms with Crippen molar-refractivity contribution in [2.45, 2.75) is 32.8 Å². The number of aromatic nitrogens is 4. The van der Waals surface area contributed by atoms with Gasteiger partial charge in [0, 0.05) is 18.0 Å². The number of nitrogens with zero attached hydrogens (tertiary/aromatic N) is 4. The third-order valence-electron chi connectivity index (χ3n) is 3.81. The molecule has 3 aromatic rings.